The van der Waals surface area contributed by atoms with Crippen LogP contribution >= 0.6 is 0 Å². The SMILES string of the molecule is CCCNCCCOc1ccccc1-c1ccccc1. The van der Waals surface area contributed by atoms with Crippen molar-refractivity contribution in [2.75, 3.05) is 19.7 Å². The van der Waals surface area contributed by atoms with E-state index < -0.39 is 0 Å². The Bertz CT molecular complexity index is 496. The largest absolute Gasteiger partial charge is 0.493 e. The summed E-state index contributed by atoms with van der Waals surface area (Å²) in [4.78, 5) is 0. The molecule has 0 aliphatic heterocycles. The fraction of sp³-hybridized carbons (Fsp3) is 0.333. The van der Waals surface area contributed by atoms with Crippen LogP contribution in [0.5, 0.6) is 5.75 Å². The van der Waals surface area contributed by atoms with Crippen LogP contribution in [0.1, 0.15) is 19.8 Å². The van der Waals surface area contributed by atoms with E-state index in [0.29, 0.717) is 0 Å². The molecule has 0 saturated heterocycles. The predicted octanol–water partition coefficient (Wildman–Crippen LogP) is 4.12. The van der Waals surface area contributed by atoms with Gasteiger partial charge in [-0.25, -0.2) is 0 Å². The first kappa shape index (κ1) is 14.6. The van der Waals surface area contributed by atoms with Crippen LogP contribution in [0.15, 0.2) is 54.6 Å². The molecule has 0 saturated carbocycles. The van der Waals surface area contributed by atoms with Gasteiger partial charge in [-0.1, -0.05) is 55.5 Å². The van der Waals surface area contributed by atoms with Crippen molar-refractivity contribution in [2.24, 2.45) is 0 Å². The molecule has 2 heteroatoms. The molecule has 0 aliphatic rings. The standard InChI is InChI=1S/C18H23NO/c1-2-13-19-14-8-15-20-18-12-7-6-11-17(18)16-9-4-3-5-10-16/h3-7,9-12,19H,2,8,13-15H2,1H3. The molecule has 2 rings (SSSR count). The minimum atomic E-state index is 0.751. The molecule has 20 heavy (non-hydrogen) atoms. The summed E-state index contributed by atoms with van der Waals surface area (Å²) >= 11 is 0. The molecule has 2 nitrogen and oxygen atoms in total. The number of nitrogens with one attached hydrogen (secondary N) is 1. The van der Waals surface area contributed by atoms with Crippen LogP contribution < -0.4 is 10.1 Å². The highest BCUT2D eigenvalue weighted by Crippen LogP contribution is 2.29. The van der Waals surface area contributed by atoms with Gasteiger partial charge in [-0.3, -0.25) is 0 Å². The fourth-order valence-electron chi connectivity index (χ4n) is 2.13. The van der Waals surface area contributed by atoms with Crippen LogP contribution in [0.2, 0.25) is 0 Å². The van der Waals surface area contributed by atoms with Gasteiger partial charge in [-0.05, 0) is 37.6 Å². The smallest absolute Gasteiger partial charge is 0.127 e. The Kier molecular flexibility index (Phi) is 6.12. The normalized spacial score (nSPS) is 10.4. The molecule has 0 aromatic heterocycles. The van der Waals surface area contributed by atoms with Crippen molar-refractivity contribution in [3.8, 4) is 16.9 Å². The van der Waals surface area contributed by atoms with Crippen LogP contribution in [0.25, 0.3) is 11.1 Å². The molecule has 0 heterocycles. The lowest BCUT2D eigenvalue weighted by Gasteiger charge is -2.11. The van der Waals surface area contributed by atoms with Crippen LogP contribution in [0.4, 0.5) is 0 Å². The zero-order valence-electron chi connectivity index (χ0n) is 12.1. The third-order valence-electron chi connectivity index (χ3n) is 3.15. The molecule has 0 aliphatic carbocycles. The second kappa shape index (κ2) is 8.39. The van der Waals surface area contributed by atoms with E-state index in [1.54, 1.807) is 0 Å². The summed E-state index contributed by atoms with van der Waals surface area (Å²) in [6.07, 6.45) is 2.21. The van der Waals surface area contributed by atoms with Crippen molar-refractivity contribution in [3.05, 3.63) is 54.6 Å². The zero-order chi connectivity index (χ0) is 14.0. The third kappa shape index (κ3) is 4.39. The second-order valence-corrected chi connectivity index (χ2v) is 4.81. The summed E-state index contributed by atoms with van der Waals surface area (Å²) in [5.41, 5.74) is 2.36. The monoisotopic (exact) mass is 269 g/mol. The molecule has 2 aromatic rings. The van der Waals surface area contributed by atoms with E-state index in [1.165, 1.54) is 12.0 Å². The van der Waals surface area contributed by atoms with Gasteiger partial charge in [0.15, 0.2) is 0 Å². The average molecular weight is 269 g/mol. The summed E-state index contributed by atoms with van der Waals surface area (Å²) < 4.78 is 5.93. The maximum absolute atomic E-state index is 5.93. The van der Waals surface area contributed by atoms with E-state index in [-0.39, 0.29) is 0 Å². The molecule has 0 atom stereocenters. The molecule has 0 radical (unpaired) electrons. The van der Waals surface area contributed by atoms with Crippen molar-refractivity contribution in [1.29, 1.82) is 0 Å². The van der Waals surface area contributed by atoms with E-state index in [9.17, 15) is 0 Å². The molecule has 1 N–H and O–H groups in total. The zero-order valence-corrected chi connectivity index (χ0v) is 12.1. The summed E-state index contributed by atoms with van der Waals surface area (Å²) in [5.74, 6) is 0.967. The first-order valence-corrected chi connectivity index (χ1v) is 7.40. The number of ether oxygens (including phenoxy) is 1. The molecule has 0 amide bonds. The quantitative estimate of drug-likeness (QED) is 0.728. The Morgan fingerprint density at radius 1 is 0.900 bits per heavy atom. The van der Waals surface area contributed by atoms with E-state index in [4.69, 9.17) is 4.74 Å². The Labute approximate surface area is 121 Å². The Balaban J connectivity index is 1.92. The summed E-state index contributed by atoms with van der Waals surface area (Å²) in [5, 5.41) is 3.39. The van der Waals surface area contributed by atoms with E-state index >= 15 is 0 Å². The third-order valence-corrected chi connectivity index (χ3v) is 3.15. The molecule has 0 spiro atoms. The van der Waals surface area contributed by atoms with Crippen LogP contribution in [-0.4, -0.2) is 19.7 Å². The Morgan fingerprint density at radius 2 is 1.65 bits per heavy atom. The van der Waals surface area contributed by atoms with Crippen LogP contribution in [0.3, 0.4) is 0 Å². The first-order chi connectivity index (χ1) is 9.92. The topological polar surface area (TPSA) is 21.3 Å². The van der Waals surface area contributed by atoms with Gasteiger partial charge < -0.3 is 10.1 Å². The molecule has 106 valence electrons. The molecule has 0 bridgehead atoms. The number of rotatable bonds is 8. The van der Waals surface area contributed by atoms with Crippen LogP contribution in [-0.2, 0) is 0 Å². The number of hydrogen-bond acceptors (Lipinski definition) is 2. The van der Waals surface area contributed by atoms with Gasteiger partial charge in [-0.2, -0.15) is 0 Å². The fourth-order valence-corrected chi connectivity index (χ4v) is 2.13. The van der Waals surface area contributed by atoms with Gasteiger partial charge in [0.25, 0.3) is 0 Å². The summed E-state index contributed by atoms with van der Waals surface area (Å²) in [6.45, 7) is 5.03. The van der Waals surface area contributed by atoms with Crippen molar-refractivity contribution < 1.29 is 4.74 Å². The van der Waals surface area contributed by atoms with Crippen molar-refractivity contribution in [1.82, 2.24) is 5.32 Å². The molecular formula is C18H23NO. The van der Waals surface area contributed by atoms with Gasteiger partial charge in [-0.15, -0.1) is 0 Å². The molecule has 2 aromatic carbocycles. The lowest BCUT2D eigenvalue weighted by atomic mass is 10.1. The predicted molar refractivity (Wildman–Crippen MR) is 85.2 cm³/mol. The highest BCUT2D eigenvalue weighted by atomic mass is 16.5. The molecule has 0 fully saturated rings. The summed E-state index contributed by atoms with van der Waals surface area (Å²) in [6, 6.07) is 18.6. The maximum Gasteiger partial charge on any atom is 0.127 e. The number of para-hydroxylation sites is 1. The Hall–Kier alpha value is -1.80. The summed E-state index contributed by atoms with van der Waals surface area (Å²) in [7, 11) is 0. The first-order valence-electron chi connectivity index (χ1n) is 7.40. The van der Waals surface area contributed by atoms with Crippen molar-refractivity contribution in [2.45, 2.75) is 19.8 Å². The molecule has 0 unspecified atom stereocenters. The lowest BCUT2D eigenvalue weighted by Crippen LogP contribution is -2.18. The van der Waals surface area contributed by atoms with Gasteiger partial charge in [0.05, 0.1) is 6.61 Å². The molecular weight excluding hydrogens is 246 g/mol. The van der Waals surface area contributed by atoms with Gasteiger partial charge in [0.1, 0.15) is 5.75 Å². The minimum Gasteiger partial charge on any atom is -0.493 e. The minimum absolute atomic E-state index is 0.751. The second-order valence-electron chi connectivity index (χ2n) is 4.81. The number of hydrogen-bond donors (Lipinski definition) is 1. The Morgan fingerprint density at radius 3 is 2.45 bits per heavy atom. The van der Waals surface area contributed by atoms with E-state index in [1.807, 2.05) is 18.2 Å². The maximum atomic E-state index is 5.93. The average Bonchev–Trinajstić information content (AvgIpc) is 2.52. The highest BCUT2D eigenvalue weighted by Gasteiger charge is 2.04. The van der Waals surface area contributed by atoms with Crippen LogP contribution in [0, 0.1) is 0 Å². The number of benzene rings is 2. The van der Waals surface area contributed by atoms with E-state index in [0.717, 1.165) is 37.4 Å². The van der Waals surface area contributed by atoms with Crippen molar-refractivity contribution in [3.63, 3.8) is 0 Å². The lowest BCUT2D eigenvalue weighted by molar-refractivity contribution is 0.309. The van der Waals surface area contributed by atoms with Crippen molar-refractivity contribution >= 4 is 0 Å². The van der Waals surface area contributed by atoms with Gasteiger partial charge in [0.2, 0.25) is 0 Å². The van der Waals surface area contributed by atoms with Gasteiger partial charge in [0, 0.05) is 5.56 Å². The van der Waals surface area contributed by atoms with Gasteiger partial charge >= 0.3 is 0 Å². The van der Waals surface area contributed by atoms with E-state index in [2.05, 4.69) is 48.6 Å². The highest BCUT2D eigenvalue weighted by molar-refractivity contribution is 5.70.